The van der Waals surface area contributed by atoms with E-state index in [0.717, 1.165) is 11.8 Å². The second kappa shape index (κ2) is 9.24. The SMILES string of the molecule is COc1cc(OC)cc([C@@H]2CC(c3ccccc3NS(C)(=O)=O)=NN2C(=O)c2cccs2)c1. The lowest BCUT2D eigenvalue weighted by Gasteiger charge is -2.22. The zero-order chi connectivity index (χ0) is 23.6. The summed E-state index contributed by atoms with van der Waals surface area (Å²) in [5.41, 5.74) is 2.41. The van der Waals surface area contributed by atoms with E-state index in [-0.39, 0.29) is 5.91 Å². The second-order valence-electron chi connectivity index (χ2n) is 7.46. The molecule has 2 aromatic carbocycles. The number of sulfonamides is 1. The number of nitrogens with one attached hydrogen (secondary N) is 1. The van der Waals surface area contributed by atoms with Crippen LogP contribution in [0.2, 0.25) is 0 Å². The second-order valence-corrected chi connectivity index (χ2v) is 10.2. The Morgan fingerprint density at radius 2 is 1.79 bits per heavy atom. The molecule has 0 radical (unpaired) electrons. The van der Waals surface area contributed by atoms with Crippen LogP contribution in [0.4, 0.5) is 5.69 Å². The van der Waals surface area contributed by atoms with E-state index in [1.165, 1.54) is 16.3 Å². The van der Waals surface area contributed by atoms with Crippen LogP contribution in [0.3, 0.4) is 0 Å². The van der Waals surface area contributed by atoms with Crippen molar-refractivity contribution >= 4 is 38.7 Å². The third kappa shape index (κ3) is 5.01. The van der Waals surface area contributed by atoms with Crippen LogP contribution in [0.1, 0.15) is 33.3 Å². The molecule has 172 valence electrons. The lowest BCUT2D eigenvalue weighted by Crippen LogP contribution is -2.26. The summed E-state index contributed by atoms with van der Waals surface area (Å²) in [6, 6.07) is 15.6. The van der Waals surface area contributed by atoms with Gasteiger partial charge >= 0.3 is 0 Å². The van der Waals surface area contributed by atoms with Crippen molar-refractivity contribution in [1.29, 1.82) is 0 Å². The first-order valence-electron chi connectivity index (χ1n) is 10.0. The van der Waals surface area contributed by atoms with Gasteiger partial charge in [0.15, 0.2) is 0 Å². The van der Waals surface area contributed by atoms with Crippen molar-refractivity contribution in [2.75, 3.05) is 25.2 Å². The number of ether oxygens (including phenoxy) is 2. The van der Waals surface area contributed by atoms with Gasteiger partial charge in [-0.25, -0.2) is 13.4 Å². The molecule has 0 saturated heterocycles. The number of rotatable bonds is 7. The largest absolute Gasteiger partial charge is 0.497 e. The molecule has 10 heteroatoms. The molecular formula is C23H23N3O5S2. The summed E-state index contributed by atoms with van der Waals surface area (Å²) in [6.07, 6.45) is 1.48. The summed E-state index contributed by atoms with van der Waals surface area (Å²) in [4.78, 5) is 13.9. The molecule has 8 nitrogen and oxygen atoms in total. The number of hydrogen-bond donors (Lipinski definition) is 1. The van der Waals surface area contributed by atoms with Gasteiger partial charge in [0.1, 0.15) is 11.5 Å². The topological polar surface area (TPSA) is 97.3 Å². The highest BCUT2D eigenvalue weighted by molar-refractivity contribution is 7.92. The lowest BCUT2D eigenvalue weighted by atomic mass is 9.97. The minimum atomic E-state index is -3.50. The molecule has 33 heavy (non-hydrogen) atoms. The summed E-state index contributed by atoms with van der Waals surface area (Å²) in [5, 5.41) is 7.95. The van der Waals surface area contributed by atoms with Gasteiger partial charge in [0.05, 0.1) is 42.8 Å². The Hall–Kier alpha value is -3.37. The summed E-state index contributed by atoms with van der Waals surface area (Å²) < 4.78 is 37.1. The lowest BCUT2D eigenvalue weighted by molar-refractivity contribution is 0.0715. The maximum Gasteiger partial charge on any atom is 0.284 e. The molecule has 1 aliphatic heterocycles. The first kappa shape index (κ1) is 22.8. The molecule has 0 saturated carbocycles. The number of hydrazone groups is 1. The summed E-state index contributed by atoms with van der Waals surface area (Å²) in [5.74, 6) is 0.960. The van der Waals surface area contributed by atoms with Gasteiger partial charge in [0, 0.05) is 18.1 Å². The van der Waals surface area contributed by atoms with Crippen molar-refractivity contribution in [2.45, 2.75) is 12.5 Å². The quantitative estimate of drug-likeness (QED) is 0.543. The van der Waals surface area contributed by atoms with Gasteiger partial charge in [-0.15, -0.1) is 11.3 Å². The van der Waals surface area contributed by atoms with E-state index in [2.05, 4.69) is 9.82 Å². The zero-order valence-electron chi connectivity index (χ0n) is 18.3. The molecule has 0 unspecified atom stereocenters. The van der Waals surface area contributed by atoms with Gasteiger partial charge in [0.25, 0.3) is 5.91 Å². The number of anilines is 1. The molecule has 3 aromatic rings. The minimum absolute atomic E-state index is 0.236. The molecule has 2 heterocycles. The predicted octanol–water partition coefficient (Wildman–Crippen LogP) is 4.13. The van der Waals surface area contributed by atoms with Crippen molar-refractivity contribution < 1.29 is 22.7 Å². The van der Waals surface area contributed by atoms with Crippen LogP contribution in [-0.4, -0.2) is 45.5 Å². The monoisotopic (exact) mass is 485 g/mol. The molecular weight excluding hydrogens is 462 g/mol. The average molecular weight is 486 g/mol. The molecule has 0 spiro atoms. The molecule has 4 rings (SSSR count). The number of amides is 1. The molecule has 1 aromatic heterocycles. The maximum atomic E-state index is 13.3. The van der Waals surface area contributed by atoms with E-state index < -0.39 is 16.1 Å². The van der Waals surface area contributed by atoms with Crippen LogP contribution in [0.25, 0.3) is 0 Å². The van der Waals surface area contributed by atoms with Gasteiger partial charge in [-0.2, -0.15) is 5.10 Å². The van der Waals surface area contributed by atoms with E-state index >= 15 is 0 Å². The van der Waals surface area contributed by atoms with Crippen LogP contribution in [-0.2, 0) is 10.0 Å². The molecule has 1 aliphatic rings. The van der Waals surface area contributed by atoms with Crippen LogP contribution in [0, 0.1) is 0 Å². The fraction of sp³-hybridized carbons (Fsp3) is 0.217. The Labute approximate surface area is 196 Å². The minimum Gasteiger partial charge on any atom is -0.497 e. The Morgan fingerprint density at radius 3 is 2.39 bits per heavy atom. The first-order chi connectivity index (χ1) is 15.8. The smallest absolute Gasteiger partial charge is 0.284 e. The van der Waals surface area contributed by atoms with Gasteiger partial charge in [-0.1, -0.05) is 24.3 Å². The third-order valence-electron chi connectivity index (χ3n) is 5.14. The number of methoxy groups -OCH3 is 2. The van der Waals surface area contributed by atoms with Crippen LogP contribution in [0.5, 0.6) is 11.5 Å². The van der Waals surface area contributed by atoms with Crippen molar-refractivity contribution in [1.82, 2.24) is 5.01 Å². The molecule has 0 aliphatic carbocycles. The zero-order valence-corrected chi connectivity index (χ0v) is 19.9. The first-order valence-corrected chi connectivity index (χ1v) is 12.8. The van der Waals surface area contributed by atoms with Gasteiger partial charge in [0.2, 0.25) is 10.0 Å². The number of carbonyl (C=O) groups is 1. The summed E-state index contributed by atoms with van der Waals surface area (Å²) >= 11 is 1.34. The van der Waals surface area contributed by atoms with Crippen molar-refractivity contribution in [3.05, 3.63) is 76.0 Å². The average Bonchev–Trinajstić information content (AvgIpc) is 3.48. The van der Waals surface area contributed by atoms with E-state index in [0.29, 0.717) is 39.8 Å². The molecule has 1 N–H and O–H groups in total. The van der Waals surface area contributed by atoms with Crippen molar-refractivity contribution in [3.63, 3.8) is 0 Å². The molecule has 1 atom stereocenters. The number of hydrogen-bond acceptors (Lipinski definition) is 7. The van der Waals surface area contributed by atoms with E-state index in [9.17, 15) is 13.2 Å². The van der Waals surface area contributed by atoms with E-state index in [1.54, 1.807) is 50.6 Å². The fourth-order valence-electron chi connectivity index (χ4n) is 3.68. The Balaban J connectivity index is 1.79. The van der Waals surface area contributed by atoms with Crippen molar-refractivity contribution in [2.24, 2.45) is 5.10 Å². The Bertz CT molecular complexity index is 1280. The van der Waals surface area contributed by atoms with Crippen LogP contribution >= 0.6 is 11.3 Å². The normalized spacial score (nSPS) is 15.8. The van der Waals surface area contributed by atoms with Crippen molar-refractivity contribution in [3.8, 4) is 11.5 Å². The van der Waals surface area contributed by atoms with Crippen LogP contribution < -0.4 is 14.2 Å². The van der Waals surface area contributed by atoms with Crippen LogP contribution in [0.15, 0.2) is 65.1 Å². The highest BCUT2D eigenvalue weighted by atomic mass is 32.2. The van der Waals surface area contributed by atoms with E-state index in [1.807, 2.05) is 23.6 Å². The van der Waals surface area contributed by atoms with E-state index in [4.69, 9.17) is 9.47 Å². The number of carbonyl (C=O) groups excluding carboxylic acids is 1. The van der Waals surface area contributed by atoms with Gasteiger partial charge in [-0.05, 0) is 35.2 Å². The summed E-state index contributed by atoms with van der Waals surface area (Å²) in [7, 11) is -0.363. The molecule has 1 amide bonds. The number of para-hydroxylation sites is 1. The number of nitrogens with zero attached hydrogens (tertiary/aromatic N) is 2. The van der Waals surface area contributed by atoms with Gasteiger partial charge < -0.3 is 9.47 Å². The summed E-state index contributed by atoms with van der Waals surface area (Å²) in [6.45, 7) is 0. The standard InChI is InChI=1S/C23H23N3O5S2/c1-30-16-11-15(12-17(13-16)31-2)21-14-20(24-26(21)23(27)22-9-6-10-32-22)18-7-4-5-8-19(18)25-33(3,28)29/h4-13,21,25H,14H2,1-3H3/t21-/m0/s1. The Kier molecular flexibility index (Phi) is 6.39. The molecule has 0 bridgehead atoms. The number of benzene rings is 2. The predicted molar refractivity (Wildman–Crippen MR) is 129 cm³/mol. The molecule has 0 fully saturated rings. The van der Waals surface area contributed by atoms with Gasteiger partial charge in [-0.3, -0.25) is 9.52 Å². The number of thiophene rings is 1. The highest BCUT2D eigenvalue weighted by Gasteiger charge is 2.35. The maximum absolute atomic E-state index is 13.3. The third-order valence-corrected chi connectivity index (χ3v) is 6.59. The Morgan fingerprint density at radius 1 is 1.09 bits per heavy atom. The highest BCUT2D eigenvalue weighted by Crippen LogP contribution is 2.38. The fourth-order valence-corrected chi connectivity index (χ4v) is 4.91.